The Morgan fingerprint density at radius 3 is 2.92 bits per heavy atom. The maximum Gasteiger partial charge on any atom is 0.225 e. The second-order valence-electron chi connectivity index (χ2n) is 6.96. The molecule has 2 heterocycles. The van der Waals surface area contributed by atoms with Crippen LogP contribution in [0.5, 0.6) is 11.5 Å². The summed E-state index contributed by atoms with van der Waals surface area (Å²) in [7, 11) is 0. The molecule has 0 unspecified atom stereocenters. The highest BCUT2D eigenvalue weighted by atomic mass is 16.5. The van der Waals surface area contributed by atoms with E-state index in [-0.39, 0.29) is 5.91 Å². The normalized spacial score (nSPS) is 12.2. The largest absolute Gasteiger partial charge is 0.493 e. The van der Waals surface area contributed by atoms with Crippen LogP contribution in [0.2, 0.25) is 0 Å². The summed E-state index contributed by atoms with van der Waals surface area (Å²) in [6.45, 7) is 7.44. The van der Waals surface area contributed by atoms with Crippen LogP contribution in [-0.4, -0.2) is 17.5 Å². The van der Waals surface area contributed by atoms with E-state index in [2.05, 4.69) is 24.1 Å². The van der Waals surface area contributed by atoms with Gasteiger partial charge in [-0.2, -0.15) is 0 Å². The third kappa shape index (κ3) is 4.34. The first kappa shape index (κ1) is 18.2. The van der Waals surface area contributed by atoms with Crippen LogP contribution in [0.1, 0.15) is 45.6 Å². The molecule has 0 atom stereocenters. The van der Waals surface area contributed by atoms with E-state index in [1.165, 1.54) is 0 Å². The Morgan fingerprint density at radius 2 is 2.15 bits per heavy atom. The third-order valence-corrected chi connectivity index (χ3v) is 4.40. The Bertz CT molecular complexity index is 787. The van der Waals surface area contributed by atoms with Gasteiger partial charge in [0.25, 0.3) is 0 Å². The van der Waals surface area contributed by atoms with E-state index >= 15 is 0 Å². The van der Waals surface area contributed by atoms with Crippen molar-refractivity contribution in [3.05, 3.63) is 36.0 Å². The van der Waals surface area contributed by atoms with Crippen molar-refractivity contribution in [2.45, 2.75) is 46.6 Å². The summed E-state index contributed by atoms with van der Waals surface area (Å²) in [5.41, 5.74) is 3.05. The summed E-state index contributed by atoms with van der Waals surface area (Å²) in [4.78, 5) is 15.9. The van der Waals surface area contributed by atoms with Crippen LogP contribution in [0.25, 0.3) is 11.1 Å². The molecule has 0 spiro atoms. The molecule has 1 aliphatic heterocycles. The maximum atomic E-state index is 11.6. The Kier molecular flexibility index (Phi) is 5.76. The molecule has 0 saturated carbocycles. The smallest absolute Gasteiger partial charge is 0.225 e. The van der Waals surface area contributed by atoms with Crippen LogP contribution in [-0.2, 0) is 11.4 Å². The van der Waals surface area contributed by atoms with Crippen molar-refractivity contribution in [3.63, 3.8) is 0 Å². The summed E-state index contributed by atoms with van der Waals surface area (Å²) in [5, 5.41) is 2.81. The van der Waals surface area contributed by atoms with E-state index in [0.29, 0.717) is 31.4 Å². The summed E-state index contributed by atoms with van der Waals surface area (Å²) >= 11 is 0. The first-order chi connectivity index (χ1) is 12.6. The van der Waals surface area contributed by atoms with E-state index in [0.717, 1.165) is 41.0 Å². The minimum absolute atomic E-state index is 0.0464. The summed E-state index contributed by atoms with van der Waals surface area (Å²) < 4.78 is 11.7. The van der Waals surface area contributed by atoms with Crippen LogP contribution in [0.3, 0.4) is 0 Å². The number of amides is 1. The average molecular weight is 354 g/mol. The van der Waals surface area contributed by atoms with E-state index < -0.39 is 0 Å². The molecule has 3 rings (SSSR count). The quantitative estimate of drug-likeness (QED) is 0.725. The SMILES string of the molecule is CCC(=O)Nc1cc2c(cn1)COc1cc(OCCCC(C)C)ccc1-2. The number of ether oxygens (including phenoxy) is 2. The number of hydrogen-bond acceptors (Lipinski definition) is 4. The lowest BCUT2D eigenvalue weighted by Gasteiger charge is -2.22. The molecule has 0 bridgehead atoms. The van der Waals surface area contributed by atoms with Gasteiger partial charge in [-0.1, -0.05) is 20.8 Å². The molecule has 1 aliphatic rings. The molecule has 0 fully saturated rings. The molecule has 1 aromatic heterocycles. The molecule has 138 valence electrons. The maximum absolute atomic E-state index is 11.6. The van der Waals surface area contributed by atoms with Gasteiger partial charge in [0, 0.05) is 29.8 Å². The van der Waals surface area contributed by atoms with Gasteiger partial charge >= 0.3 is 0 Å². The van der Waals surface area contributed by atoms with Crippen molar-refractivity contribution in [2.75, 3.05) is 11.9 Å². The highest BCUT2D eigenvalue weighted by Crippen LogP contribution is 2.40. The van der Waals surface area contributed by atoms with Crippen molar-refractivity contribution in [2.24, 2.45) is 5.92 Å². The number of rotatable bonds is 7. The van der Waals surface area contributed by atoms with Gasteiger partial charge in [-0.05, 0) is 42.5 Å². The third-order valence-electron chi connectivity index (χ3n) is 4.40. The Morgan fingerprint density at radius 1 is 1.31 bits per heavy atom. The lowest BCUT2D eigenvalue weighted by atomic mass is 9.98. The molecule has 5 heteroatoms. The van der Waals surface area contributed by atoms with Gasteiger partial charge in [0.05, 0.1) is 6.61 Å². The second-order valence-corrected chi connectivity index (χ2v) is 6.96. The Balaban J connectivity index is 1.76. The predicted octanol–water partition coefficient (Wildman–Crippen LogP) is 4.80. The van der Waals surface area contributed by atoms with E-state index in [1.54, 1.807) is 6.20 Å². The van der Waals surface area contributed by atoms with Crippen molar-refractivity contribution in [3.8, 4) is 22.6 Å². The molecule has 1 amide bonds. The van der Waals surface area contributed by atoms with Crippen molar-refractivity contribution >= 4 is 11.7 Å². The topological polar surface area (TPSA) is 60.5 Å². The van der Waals surface area contributed by atoms with Crippen LogP contribution < -0.4 is 14.8 Å². The van der Waals surface area contributed by atoms with Gasteiger partial charge in [-0.3, -0.25) is 4.79 Å². The zero-order valence-corrected chi connectivity index (χ0v) is 15.7. The van der Waals surface area contributed by atoms with E-state index in [1.807, 2.05) is 31.2 Å². The van der Waals surface area contributed by atoms with Gasteiger partial charge in [0.1, 0.15) is 23.9 Å². The molecular formula is C21H26N2O3. The number of hydrogen-bond donors (Lipinski definition) is 1. The molecule has 5 nitrogen and oxygen atoms in total. The number of fused-ring (bicyclic) bond motifs is 3. The number of nitrogens with zero attached hydrogens (tertiary/aromatic N) is 1. The van der Waals surface area contributed by atoms with Crippen LogP contribution >= 0.6 is 0 Å². The summed E-state index contributed by atoms with van der Waals surface area (Å²) in [6.07, 6.45) is 4.40. The van der Waals surface area contributed by atoms with E-state index in [9.17, 15) is 4.79 Å². The minimum atomic E-state index is -0.0464. The zero-order valence-electron chi connectivity index (χ0n) is 15.7. The van der Waals surface area contributed by atoms with E-state index in [4.69, 9.17) is 9.47 Å². The number of pyridine rings is 1. The number of anilines is 1. The number of benzene rings is 1. The minimum Gasteiger partial charge on any atom is -0.493 e. The van der Waals surface area contributed by atoms with Gasteiger partial charge in [0.15, 0.2) is 0 Å². The van der Waals surface area contributed by atoms with Crippen LogP contribution in [0.15, 0.2) is 30.5 Å². The monoisotopic (exact) mass is 354 g/mol. The number of carbonyl (C=O) groups is 1. The summed E-state index contributed by atoms with van der Waals surface area (Å²) in [6, 6.07) is 7.83. The molecule has 0 aliphatic carbocycles. The Hall–Kier alpha value is -2.56. The first-order valence-electron chi connectivity index (χ1n) is 9.25. The van der Waals surface area contributed by atoms with Crippen molar-refractivity contribution in [1.82, 2.24) is 4.98 Å². The zero-order chi connectivity index (χ0) is 18.5. The van der Waals surface area contributed by atoms with Gasteiger partial charge in [-0.25, -0.2) is 4.98 Å². The fourth-order valence-corrected chi connectivity index (χ4v) is 2.92. The number of nitrogens with one attached hydrogen (secondary N) is 1. The fourth-order valence-electron chi connectivity index (χ4n) is 2.92. The van der Waals surface area contributed by atoms with Gasteiger partial charge in [0.2, 0.25) is 5.91 Å². The lowest BCUT2D eigenvalue weighted by Crippen LogP contribution is -2.12. The number of aromatic nitrogens is 1. The van der Waals surface area contributed by atoms with Crippen molar-refractivity contribution < 1.29 is 14.3 Å². The molecule has 26 heavy (non-hydrogen) atoms. The second kappa shape index (κ2) is 8.21. The van der Waals surface area contributed by atoms with Crippen LogP contribution in [0.4, 0.5) is 5.82 Å². The van der Waals surface area contributed by atoms with Crippen LogP contribution in [0, 0.1) is 5.92 Å². The molecular weight excluding hydrogens is 328 g/mol. The summed E-state index contributed by atoms with van der Waals surface area (Å²) in [5.74, 6) is 2.84. The standard InChI is InChI=1S/C21H26N2O3/c1-4-21(24)23-20-11-18-15(12-22-20)13-26-19-10-16(7-8-17(18)19)25-9-5-6-14(2)3/h7-8,10-12,14H,4-6,9,13H2,1-3H3,(H,22,23,24). The molecule has 0 saturated heterocycles. The molecule has 1 aromatic carbocycles. The highest BCUT2D eigenvalue weighted by Gasteiger charge is 2.19. The van der Waals surface area contributed by atoms with Gasteiger partial charge in [-0.15, -0.1) is 0 Å². The molecule has 0 radical (unpaired) electrons. The fraction of sp³-hybridized carbons (Fsp3) is 0.429. The predicted molar refractivity (Wildman–Crippen MR) is 102 cm³/mol. The Labute approximate surface area is 154 Å². The molecule has 1 N–H and O–H groups in total. The van der Waals surface area contributed by atoms with Gasteiger partial charge < -0.3 is 14.8 Å². The first-order valence-corrected chi connectivity index (χ1v) is 9.25. The highest BCUT2D eigenvalue weighted by molar-refractivity contribution is 5.90. The number of carbonyl (C=O) groups excluding carboxylic acids is 1. The lowest BCUT2D eigenvalue weighted by molar-refractivity contribution is -0.115. The van der Waals surface area contributed by atoms with Crippen molar-refractivity contribution in [1.29, 1.82) is 0 Å². The molecule has 2 aromatic rings. The average Bonchev–Trinajstić information content (AvgIpc) is 2.64.